The van der Waals surface area contributed by atoms with Crippen LogP contribution in [0.5, 0.6) is 0 Å². The van der Waals surface area contributed by atoms with Gasteiger partial charge in [-0.3, -0.25) is 4.79 Å². The van der Waals surface area contributed by atoms with Crippen molar-refractivity contribution >= 4 is 27.1 Å². The Hall–Kier alpha value is -3.98. The summed E-state index contributed by atoms with van der Waals surface area (Å²) in [6.45, 7) is 6.79. The Kier molecular flexibility index (Phi) is 7.73. The number of anilines is 2. The summed E-state index contributed by atoms with van der Waals surface area (Å²) in [6.07, 6.45) is 4.92. The Bertz CT molecular complexity index is 1500. The summed E-state index contributed by atoms with van der Waals surface area (Å²) in [5.41, 5.74) is 5.29. The van der Waals surface area contributed by atoms with Gasteiger partial charge in [0.05, 0.1) is 24.7 Å². The number of nitrogens with one attached hydrogen (secondary N) is 1. The number of benzene rings is 2. The maximum Gasteiger partial charge on any atom is 0.276 e. The van der Waals surface area contributed by atoms with Gasteiger partial charge in [0.25, 0.3) is 5.91 Å². The van der Waals surface area contributed by atoms with Gasteiger partial charge in [-0.15, -0.1) is 0 Å². The Morgan fingerprint density at radius 1 is 1.00 bits per heavy atom. The lowest BCUT2D eigenvalue weighted by Crippen LogP contribution is -2.27. The highest BCUT2D eigenvalue weighted by molar-refractivity contribution is 7.90. The molecular formula is C28H30N4O4S. The summed E-state index contributed by atoms with van der Waals surface area (Å²) >= 11 is 0. The van der Waals surface area contributed by atoms with Crippen molar-refractivity contribution in [3.63, 3.8) is 0 Å². The van der Waals surface area contributed by atoms with Crippen molar-refractivity contribution < 1.29 is 17.6 Å². The molecule has 0 aliphatic rings. The van der Waals surface area contributed by atoms with E-state index >= 15 is 0 Å². The number of aryl methyl sites for hydroxylation is 3. The molecule has 0 atom stereocenters. The Morgan fingerprint density at radius 3 is 2.35 bits per heavy atom. The highest BCUT2D eigenvalue weighted by Crippen LogP contribution is 2.26. The van der Waals surface area contributed by atoms with Crippen molar-refractivity contribution in [2.75, 3.05) is 16.5 Å². The number of nitrogens with zero attached hydrogens (tertiary/aromatic N) is 3. The third-order valence-electron chi connectivity index (χ3n) is 6.13. The van der Waals surface area contributed by atoms with Crippen LogP contribution < -0.4 is 10.2 Å². The van der Waals surface area contributed by atoms with Crippen molar-refractivity contribution in [1.29, 1.82) is 0 Å². The molecule has 0 spiro atoms. The average molecular weight is 519 g/mol. The molecule has 1 amide bonds. The molecule has 1 N–H and O–H groups in total. The molecule has 0 unspecified atom stereocenters. The van der Waals surface area contributed by atoms with Crippen LogP contribution >= 0.6 is 0 Å². The minimum Gasteiger partial charge on any atom is -0.467 e. The van der Waals surface area contributed by atoms with Gasteiger partial charge in [-0.05, 0) is 66.8 Å². The fourth-order valence-electron chi connectivity index (χ4n) is 3.86. The van der Waals surface area contributed by atoms with Gasteiger partial charge in [-0.2, -0.15) is 0 Å². The molecule has 4 rings (SSSR count). The van der Waals surface area contributed by atoms with Gasteiger partial charge in [0.1, 0.15) is 5.76 Å². The SMILES string of the molecule is CCc1ccc(CN(Cc2ccco2)c2cnc(S(C)(=O)=O)nc2C(=O)Nc2ccc(C)c(C)c2)cc1. The lowest BCUT2D eigenvalue weighted by Gasteiger charge is -2.25. The van der Waals surface area contributed by atoms with Crippen molar-refractivity contribution in [1.82, 2.24) is 9.97 Å². The van der Waals surface area contributed by atoms with E-state index in [4.69, 9.17) is 4.42 Å². The maximum atomic E-state index is 13.5. The summed E-state index contributed by atoms with van der Waals surface area (Å²) in [5.74, 6) is 0.147. The molecule has 192 valence electrons. The van der Waals surface area contributed by atoms with Crippen LogP contribution in [0.3, 0.4) is 0 Å². The van der Waals surface area contributed by atoms with E-state index in [-0.39, 0.29) is 5.69 Å². The monoisotopic (exact) mass is 518 g/mol. The first-order chi connectivity index (χ1) is 17.6. The maximum absolute atomic E-state index is 13.5. The molecule has 0 saturated carbocycles. The van der Waals surface area contributed by atoms with E-state index in [0.29, 0.717) is 30.2 Å². The molecule has 4 aromatic rings. The summed E-state index contributed by atoms with van der Waals surface area (Å²) in [7, 11) is -3.74. The third kappa shape index (κ3) is 6.42. The van der Waals surface area contributed by atoms with Crippen LogP contribution in [-0.2, 0) is 29.3 Å². The predicted octanol–water partition coefficient (Wildman–Crippen LogP) is 5.11. The molecule has 9 heteroatoms. The number of aromatic nitrogens is 2. The number of sulfone groups is 1. The van der Waals surface area contributed by atoms with Crippen molar-refractivity contribution in [2.24, 2.45) is 0 Å². The second-order valence-electron chi connectivity index (χ2n) is 9.02. The number of furan rings is 1. The Balaban J connectivity index is 1.77. The highest BCUT2D eigenvalue weighted by Gasteiger charge is 2.24. The van der Waals surface area contributed by atoms with Crippen LogP contribution in [0.2, 0.25) is 0 Å². The number of amides is 1. The smallest absolute Gasteiger partial charge is 0.276 e. The van der Waals surface area contributed by atoms with E-state index in [1.165, 1.54) is 11.8 Å². The van der Waals surface area contributed by atoms with E-state index in [9.17, 15) is 13.2 Å². The summed E-state index contributed by atoms with van der Waals surface area (Å²) in [4.78, 5) is 23.7. The first kappa shape index (κ1) is 26.1. The largest absolute Gasteiger partial charge is 0.467 e. The summed E-state index contributed by atoms with van der Waals surface area (Å²) in [6, 6.07) is 17.4. The number of carbonyl (C=O) groups excluding carboxylic acids is 1. The van der Waals surface area contributed by atoms with Gasteiger partial charge in [0.15, 0.2) is 5.69 Å². The number of hydrogen-bond acceptors (Lipinski definition) is 7. The topological polar surface area (TPSA) is 105 Å². The van der Waals surface area contributed by atoms with Crippen LogP contribution in [0, 0.1) is 13.8 Å². The first-order valence-electron chi connectivity index (χ1n) is 11.9. The van der Waals surface area contributed by atoms with E-state index in [2.05, 4.69) is 34.3 Å². The summed E-state index contributed by atoms with van der Waals surface area (Å²) < 4.78 is 30.1. The van der Waals surface area contributed by atoms with Crippen LogP contribution in [0.25, 0.3) is 0 Å². The van der Waals surface area contributed by atoms with E-state index in [1.54, 1.807) is 18.4 Å². The lowest BCUT2D eigenvalue weighted by atomic mass is 10.1. The number of carbonyl (C=O) groups is 1. The zero-order valence-electron chi connectivity index (χ0n) is 21.4. The standard InChI is InChI=1S/C28H30N4O4S/c1-5-21-9-11-22(12-10-21)17-32(18-24-7-6-14-36-24)25-16-29-28(37(4,34)35)31-26(25)27(33)30-23-13-8-19(2)20(3)15-23/h6-16H,5,17-18H2,1-4H3,(H,30,33). The minimum absolute atomic E-state index is 0.0367. The molecule has 0 saturated heterocycles. The molecule has 2 heterocycles. The number of rotatable bonds is 9. The van der Waals surface area contributed by atoms with E-state index in [1.807, 2.05) is 49.1 Å². The Labute approximate surface area is 217 Å². The quantitative estimate of drug-likeness (QED) is 0.307. The Morgan fingerprint density at radius 2 is 1.73 bits per heavy atom. The second-order valence-corrected chi connectivity index (χ2v) is 10.9. The predicted molar refractivity (Wildman–Crippen MR) is 143 cm³/mol. The van der Waals surface area contributed by atoms with Gasteiger partial charge < -0.3 is 14.6 Å². The summed E-state index contributed by atoms with van der Waals surface area (Å²) in [5, 5.41) is 2.45. The van der Waals surface area contributed by atoms with Gasteiger partial charge in [-0.1, -0.05) is 37.3 Å². The van der Waals surface area contributed by atoms with Crippen LogP contribution in [0.15, 0.2) is 76.6 Å². The van der Waals surface area contributed by atoms with Crippen molar-refractivity contribution in [3.05, 3.63) is 101 Å². The van der Waals surface area contributed by atoms with Gasteiger partial charge in [0.2, 0.25) is 15.0 Å². The molecule has 0 aliphatic carbocycles. The molecule has 0 bridgehead atoms. The fraction of sp³-hybridized carbons (Fsp3) is 0.250. The average Bonchev–Trinajstić information content (AvgIpc) is 3.38. The fourth-order valence-corrected chi connectivity index (χ4v) is 4.36. The first-order valence-corrected chi connectivity index (χ1v) is 13.8. The van der Waals surface area contributed by atoms with Crippen LogP contribution in [0.1, 0.15) is 45.4 Å². The van der Waals surface area contributed by atoms with E-state index in [0.717, 1.165) is 29.4 Å². The van der Waals surface area contributed by atoms with Gasteiger partial charge in [0, 0.05) is 18.5 Å². The van der Waals surface area contributed by atoms with Crippen LogP contribution in [-0.4, -0.2) is 30.5 Å². The molecule has 2 aromatic heterocycles. The number of hydrogen-bond donors (Lipinski definition) is 1. The minimum atomic E-state index is -3.74. The zero-order valence-corrected chi connectivity index (χ0v) is 22.2. The van der Waals surface area contributed by atoms with Crippen molar-refractivity contribution in [2.45, 2.75) is 45.4 Å². The molecule has 8 nitrogen and oxygen atoms in total. The van der Waals surface area contributed by atoms with E-state index < -0.39 is 20.9 Å². The van der Waals surface area contributed by atoms with Gasteiger partial charge >= 0.3 is 0 Å². The zero-order chi connectivity index (χ0) is 26.6. The molecule has 0 radical (unpaired) electrons. The second kappa shape index (κ2) is 11.0. The molecule has 0 aliphatic heterocycles. The lowest BCUT2D eigenvalue weighted by molar-refractivity contribution is 0.102. The molecule has 2 aromatic carbocycles. The molecule has 0 fully saturated rings. The molecular weight excluding hydrogens is 488 g/mol. The van der Waals surface area contributed by atoms with Crippen molar-refractivity contribution in [3.8, 4) is 0 Å². The van der Waals surface area contributed by atoms with Crippen LogP contribution in [0.4, 0.5) is 11.4 Å². The molecule has 37 heavy (non-hydrogen) atoms. The van der Waals surface area contributed by atoms with Gasteiger partial charge in [-0.25, -0.2) is 18.4 Å². The normalized spacial score (nSPS) is 11.4. The third-order valence-corrected chi connectivity index (χ3v) is 6.99. The highest BCUT2D eigenvalue weighted by atomic mass is 32.2.